The number of nitrogens with two attached hydrogens (primary N) is 1. The molecule has 0 aromatic carbocycles. The molecule has 0 unspecified atom stereocenters. The molecule has 4 aliphatic carbocycles. The number of aryl methyl sites for hydroxylation is 1. The Morgan fingerprint density at radius 3 is 2.25 bits per heavy atom. The number of aromatic nitrogens is 3. The number of carbonyl (C=O) groups is 1. The second kappa shape index (κ2) is 4.04. The van der Waals surface area contributed by atoms with E-state index in [0.29, 0.717) is 5.82 Å². The molecule has 1 aromatic rings. The van der Waals surface area contributed by atoms with E-state index in [1.807, 2.05) is 6.92 Å². The second-order valence-electron chi connectivity index (χ2n) is 7.02. The quantitative estimate of drug-likeness (QED) is 0.481. The van der Waals surface area contributed by atoms with Crippen LogP contribution in [0.1, 0.15) is 55.0 Å². The molecule has 4 bridgehead atoms. The van der Waals surface area contributed by atoms with Gasteiger partial charge in [0, 0.05) is 5.54 Å². The van der Waals surface area contributed by atoms with Crippen molar-refractivity contribution in [3.05, 3.63) is 11.6 Å². The van der Waals surface area contributed by atoms with Crippen LogP contribution in [0, 0.1) is 24.7 Å². The molecule has 4 saturated carbocycles. The van der Waals surface area contributed by atoms with E-state index in [4.69, 9.17) is 5.84 Å². The number of hydrogen-bond acceptors (Lipinski definition) is 4. The first-order valence-corrected chi connectivity index (χ1v) is 7.55. The van der Waals surface area contributed by atoms with Gasteiger partial charge in [0.15, 0.2) is 0 Å². The van der Waals surface area contributed by atoms with Crippen LogP contribution in [0.25, 0.3) is 0 Å². The van der Waals surface area contributed by atoms with E-state index >= 15 is 0 Å². The minimum absolute atomic E-state index is 0.0597. The van der Waals surface area contributed by atoms with Gasteiger partial charge < -0.3 is 4.57 Å². The predicted octanol–water partition coefficient (Wildman–Crippen LogP) is 1.12. The zero-order valence-electron chi connectivity index (χ0n) is 11.8. The molecule has 1 amide bonds. The fourth-order valence-electron chi connectivity index (χ4n) is 5.48. The Balaban J connectivity index is 1.81. The Labute approximate surface area is 118 Å². The smallest absolute Gasteiger partial charge is 0.301 e. The van der Waals surface area contributed by atoms with E-state index in [0.717, 1.165) is 23.6 Å². The summed E-state index contributed by atoms with van der Waals surface area (Å²) < 4.78 is 2.10. The summed E-state index contributed by atoms with van der Waals surface area (Å²) in [6, 6.07) is 0. The van der Waals surface area contributed by atoms with E-state index in [1.165, 1.54) is 38.5 Å². The average molecular weight is 275 g/mol. The molecule has 0 aliphatic heterocycles. The highest BCUT2D eigenvalue weighted by molar-refractivity contribution is 5.90. The van der Waals surface area contributed by atoms with Gasteiger partial charge in [-0.1, -0.05) is 0 Å². The zero-order valence-corrected chi connectivity index (χ0v) is 11.8. The largest absolute Gasteiger partial charge is 0.303 e. The Hall–Kier alpha value is -1.43. The van der Waals surface area contributed by atoms with Crippen LogP contribution in [0.3, 0.4) is 0 Å². The Morgan fingerprint density at radius 2 is 1.75 bits per heavy atom. The molecule has 5 rings (SSSR count). The highest BCUT2D eigenvalue weighted by Crippen LogP contribution is 2.59. The van der Waals surface area contributed by atoms with Crippen LogP contribution in [0.15, 0.2) is 0 Å². The summed E-state index contributed by atoms with van der Waals surface area (Å²) in [5.74, 6) is 8.63. The lowest BCUT2D eigenvalue weighted by atomic mass is 9.53. The molecule has 0 saturated heterocycles. The van der Waals surface area contributed by atoms with Gasteiger partial charge in [0.25, 0.3) is 0 Å². The summed E-state index contributed by atoms with van der Waals surface area (Å²) in [6.07, 6.45) is 7.63. The number of rotatable bonds is 2. The first kappa shape index (κ1) is 12.3. The van der Waals surface area contributed by atoms with Crippen molar-refractivity contribution in [1.82, 2.24) is 20.2 Å². The maximum atomic E-state index is 12.0. The molecule has 0 radical (unpaired) electrons. The summed E-state index contributed by atoms with van der Waals surface area (Å²) in [4.78, 5) is 12.0. The van der Waals surface area contributed by atoms with E-state index in [9.17, 15) is 4.79 Å². The molecular formula is C14H21N5O. The fraction of sp³-hybridized carbons (Fsp3) is 0.786. The van der Waals surface area contributed by atoms with Crippen LogP contribution in [0.2, 0.25) is 0 Å². The Bertz CT molecular complexity index is 529. The minimum atomic E-state index is -0.332. The van der Waals surface area contributed by atoms with E-state index in [2.05, 4.69) is 20.2 Å². The molecule has 6 heteroatoms. The Kier molecular flexibility index (Phi) is 2.49. The summed E-state index contributed by atoms with van der Waals surface area (Å²) in [5.41, 5.74) is 2.26. The second-order valence-corrected chi connectivity index (χ2v) is 7.02. The van der Waals surface area contributed by atoms with E-state index < -0.39 is 0 Å². The molecular weight excluding hydrogens is 254 g/mol. The van der Waals surface area contributed by atoms with E-state index in [1.54, 1.807) is 0 Å². The van der Waals surface area contributed by atoms with Crippen LogP contribution in [-0.4, -0.2) is 20.7 Å². The number of nitrogens with one attached hydrogen (secondary N) is 1. The Morgan fingerprint density at radius 1 is 1.20 bits per heavy atom. The molecule has 0 atom stereocenters. The molecule has 4 fully saturated rings. The van der Waals surface area contributed by atoms with Crippen molar-refractivity contribution in [3.63, 3.8) is 0 Å². The highest BCUT2D eigenvalue weighted by Gasteiger charge is 2.53. The first-order chi connectivity index (χ1) is 9.61. The van der Waals surface area contributed by atoms with Crippen molar-refractivity contribution in [2.45, 2.75) is 51.0 Å². The van der Waals surface area contributed by atoms with Crippen LogP contribution >= 0.6 is 0 Å². The topological polar surface area (TPSA) is 85.8 Å². The standard InChI is InChI=1S/C14H21N5O/c1-8-17-18-12(13(20)16-15)19(8)14-5-9-2-10(6-14)4-11(3-9)7-14/h9-11H,2-7,15H2,1H3,(H,16,20). The number of amides is 1. The molecule has 108 valence electrons. The lowest BCUT2D eigenvalue weighted by Crippen LogP contribution is -2.53. The highest BCUT2D eigenvalue weighted by atomic mass is 16.2. The minimum Gasteiger partial charge on any atom is -0.301 e. The van der Waals surface area contributed by atoms with Gasteiger partial charge in [0.2, 0.25) is 5.82 Å². The summed E-state index contributed by atoms with van der Waals surface area (Å²) in [7, 11) is 0. The number of nitrogens with zero attached hydrogens (tertiary/aromatic N) is 3. The van der Waals surface area contributed by atoms with Gasteiger partial charge in [-0.05, 0) is 63.2 Å². The maximum Gasteiger partial charge on any atom is 0.303 e. The van der Waals surface area contributed by atoms with Crippen molar-refractivity contribution >= 4 is 5.91 Å². The number of nitrogen functional groups attached to an aromatic ring is 1. The molecule has 1 aromatic heterocycles. The van der Waals surface area contributed by atoms with Gasteiger partial charge in [-0.25, -0.2) is 5.84 Å². The zero-order chi connectivity index (χ0) is 13.9. The van der Waals surface area contributed by atoms with Crippen LogP contribution in [0.5, 0.6) is 0 Å². The van der Waals surface area contributed by atoms with Crippen molar-refractivity contribution in [1.29, 1.82) is 0 Å². The van der Waals surface area contributed by atoms with Gasteiger partial charge in [-0.2, -0.15) is 0 Å². The number of hydrogen-bond donors (Lipinski definition) is 2. The summed E-state index contributed by atoms with van der Waals surface area (Å²) in [6.45, 7) is 1.94. The van der Waals surface area contributed by atoms with Gasteiger partial charge in [0.1, 0.15) is 5.82 Å². The van der Waals surface area contributed by atoms with Crippen molar-refractivity contribution in [3.8, 4) is 0 Å². The van der Waals surface area contributed by atoms with Crippen molar-refractivity contribution in [2.75, 3.05) is 0 Å². The number of carbonyl (C=O) groups excluding carboxylic acids is 1. The third-order valence-electron chi connectivity index (χ3n) is 5.64. The average Bonchev–Trinajstić information content (AvgIpc) is 2.79. The van der Waals surface area contributed by atoms with E-state index in [-0.39, 0.29) is 11.4 Å². The summed E-state index contributed by atoms with van der Waals surface area (Å²) >= 11 is 0. The molecule has 4 aliphatic rings. The lowest BCUT2D eigenvalue weighted by Gasteiger charge is -2.57. The molecule has 3 N–H and O–H groups in total. The third-order valence-corrected chi connectivity index (χ3v) is 5.64. The summed E-state index contributed by atoms with van der Waals surface area (Å²) in [5, 5.41) is 8.20. The van der Waals surface area contributed by atoms with Crippen LogP contribution < -0.4 is 11.3 Å². The fourth-order valence-corrected chi connectivity index (χ4v) is 5.48. The first-order valence-electron chi connectivity index (χ1n) is 7.55. The maximum absolute atomic E-state index is 12.0. The number of hydrazine groups is 1. The lowest BCUT2D eigenvalue weighted by molar-refractivity contribution is -0.0451. The van der Waals surface area contributed by atoms with Crippen LogP contribution in [-0.2, 0) is 5.54 Å². The van der Waals surface area contributed by atoms with Gasteiger partial charge >= 0.3 is 5.91 Å². The van der Waals surface area contributed by atoms with Gasteiger partial charge in [-0.15, -0.1) is 10.2 Å². The molecule has 20 heavy (non-hydrogen) atoms. The van der Waals surface area contributed by atoms with Crippen LogP contribution in [0.4, 0.5) is 0 Å². The van der Waals surface area contributed by atoms with Gasteiger partial charge in [0.05, 0.1) is 0 Å². The SMILES string of the molecule is Cc1nnc(C(=O)NN)n1C12CC3CC(CC(C3)C1)C2. The normalized spacial score (nSPS) is 38.2. The predicted molar refractivity (Wildman–Crippen MR) is 72.6 cm³/mol. The van der Waals surface area contributed by atoms with Crippen molar-refractivity contribution in [2.24, 2.45) is 23.6 Å². The molecule has 1 heterocycles. The van der Waals surface area contributed by atoms with Crippen molar-refractivity contribution < 1.29 is 4.79 Å². The monoisotopic (exact) mass is 275 g/mol. The van der Waals surface area contributed by atoms with Gasteiger partial charge in [-0.3, -0.25) is 10.2 Å². The third kappa shape index (κ3) is 1.57. The molecule has 0 spiro atoms. The molecule has 6 nitrogen and oxygen atoms in total.